The zero-order chi connectivity index (χ0) is 7.68. The maximum Gasteiger partial charge on any atom is -0.0383 e. The van der Waals surface area contributed by atoms with Crippen LogP contribution in [-0.2, 0) is 0 Å². The predicted molar refractivity (Wildman–Crippen MR) is 48.5 cm³/mol. The van der Waals surface area contributed by atoms with Crippen LogP contribution in [0.1, 0.15) is 51.9 Å². The van der Waals surface area contributed by atoms with Gasteiger partial charge < -0.3 is 0 Å². The van der Waals surface area contributed by atoms with Gasteiger partial charge in [0.25, 0.3) is 0 Å². The Morgan fingerprint density at radius 1 is 1.09 bits per heavy atom. The number of hydrogen-bond acceptors (Lipinski definition) is 0. The van der Waals surface area contributed by atoms with Crippen LogP contribution in [0.5, 0.6) is 0 Å². The molecule has 0 heterocycles. The maximum atomic E-state index is 2.41. The van der Waals surface area contributed by atoms with Crippen LogP contribution >= 0.6 is 0 Å². The minimum atomic E-state index is 1.08. The fourth-order valence-corrected chi connectivity index (χ4v) is 2.58. The minimum Gasteiger partial charge on any atom is -0.0622 e. The van der Waals surface area contributed by atoms with Gasteiger partial charge in [-0.05, 0) is 30.6 Å². The smallest absolute Gasteiger partial charge is 0.0383 e. The highest BCUT2D eigenvalue weighted by molar-refractivity contribution is 4.84. The first-order valence-corrected chi connectivity index (χ1v) is 5.36. The summed E-state index contributed by atoms with van der Waals surface area (Å²) in [6, 6.07) is 0. The second-order valence-electron chi connectivity index (χ2n) is 4.71. The summed E-state index contributed by atoms with van der Waals surface area (Å²) in [5.74, 6) is 3.34. The number of hydrogen-bond donors (Lipinski definition) is 0. The normalized spacial score (nSPS) is 39.0. The van der Waals surface area contributed by atoms with Crippen molar-refractivity contribution in [1.29, 1.82) is 0 Å². The van der Waals surface area contributed by atoms with Crippen molar-refractivity contribution < 1.29 is 0 Å². The van der Waals surface area contributed by atoms with Crippen molar-refractivity contribution in [3.63, 3.8) is 0 Å². The fourth-order valence-electron chi connectivity index (χ4n) is 2.58. The van der Waals surface area contributed by atoms with Crippen molar-refractivity contribution in [3.05, 3.63) is 0 Å². The molecule has 0 amide bonds. The van der Waals surface area contributed by atoms with E-state index in [0.717, 1.165) is 17.8 Å². The molecule has 2 saturated carbocycles. The second kappa shape index (κ2) is 3.16. The first-order chi connectivity index (χ1) is 5.36. The standard InChI is InChI=1S/C11H20/c1-9-7-11(9)8-10-5-3-2-4-6-10/h9-11H,2-8H2,1H3. The summed E-state index contributed by atoms with van der Waals surface area (Å²) in [5.41, 5.74) is 0. The van der Waals surface area contributed by atoms with Crippen LogP contribution in [0.15, 0.2) is 0 Å². The predicted octanol–water partition coefficient (Wildman–Crippen LogP) is 3.61. The van der Waals surface area contributed by atoms with E-state index in [-0.39, 0.29) is 0 Å². The van der Waals surface area contributed by atoms with E-state index in [9.17, 15) is 0 Å². The summed E-state index contributed by atoms with van der Waals surface area (Å²) in [5, 5.41) is 0. The van der Waals surface area contributed by atoms with E-state index >= 15 is 0 Å². The first-order valence-electron chi connectivity index (χ1n) is 5.36. The summed E-state index contributed by atoms with van der Waals surface area (Å²) in [6.07, 6.45) is 10.7. The molecule has 2 aliphatic rings. The third-order valence-corrected chi connectivity index (χ3v) is 3.64. The van der Waals surface area contributed by atoms with Gasteiger partial charge in [0.05, 0.1) is 0 Å². The van der Waals surface area contributed by atoms with E-state index in [0.29, 0.717) is 0 Å². The molecule has 0 aromatic carbocycles. The van der Waals surface area contributed by atoms with Gasteiger partial charge in [-0.1, -0.05) is 39.0 Å². The molecule has 0 aliphatic heterocycles. The average molecular weight is 152 g/mol. The average Bonchev–Trinajstić information content (AvgIpc) is 2.69. The van der Waals surface area contributed by atoms with E-state index in [4.69, 9.17) is 0 Å². The molecule has 0 N–H and O–H groups in total. The molecule has 2 atom stereocenters. The fraction of sp³-hybridized carbons (Fsp3) is 1.00. The molecule has 2 rings (SSSR count). The summed E-state index contributed by atoms with van der Waals surface area (Å²) < 4.78 is 0. The maximum absolute atomic E-state index is 2.41. The highest BCUT2D eigenvalue weighted by Crippen LogP contribution is 2.44. The van der Waals surface area contributed by atoms with Crippen molar-refractivity contribution in [2.24, 2.45) is 17.8 Å². The van der Waals surface area contributed by atoms with Crippen molar-refractivity contribution in [2.75, 3.05) is 0 Å². The topological polar surface area (TPSA) is 0 Å². The Bertz CT molecular complexity index is 122. The van der Waals surface area contributed by atoms with Crippen LogP contribution in [0, 0.1) is 17.8 Å². The minimum absolute atomic E-state index is 1.08. The third-order valence-electron chi connectivity index (χ3n) is 3.64. The molecule has 64 valence electrons. The van der Waals surface area contributed by atoms with Gasteiger partial charge in [-0.25, -0.2) is 0 Å². The van der Waals surface area contributed by atoms with Crippen LogP contribution < -0.4 is 0 Å². The molecule has 0 nitrogen and oxygen atoms in total. The monoisotopic (exact) mass is 152 g/mol. The molecule has 2 aliphatic carbocycles. The highest BCUT2D eigenvalue weighted by Gasteiger charge is 2.34. The molecule has 0 heteroatoms. The van der Waals surface area contributed by atoms with Gasteiger partial charge in [-0.15, -0.1) is 0 Å². The Balaban J connectivity index is 1.68. The molecule has 0 bridgehead atoms. The lowest BCUT2D eigenvalue weighted by atomic mass is 9.85. The van der Waals surface area contributed by atoms with Gasteiger partial charge in [0.2, 0.25) is 0 Å². The van der Waals surface area contributed by atoms with Gasteiger partial charge in [0.1, 0.15) is 0 Å². The van der Waals surface area contributed by atoms with Gasteiger partial charge in [0, 0.05) is 0 Å². The van der Waals surface area contributed by atoms with E-state index in [2.05, 4.69) is 6.92 Å². The molecular formula is C11H20. The zero-order valence-electron chi connectivity index (χ0n) is 7.68. The van der Waals surface area contributed by atoms with Crippen molar-refractivity contribution >= 4 is 0 Å². The molecule has 0 aromatic rings. The Morgan fingerprint density at radius 3 is 2.27 bits per heavy atom. The molecule has 11 heavy (non-hydrogen) atoms. The van der Waals surface area contributed by atoms with Gasteiger partial charge in [-0.3, -0.25) is 0 Å². The highest BCUT2D eigenvalue weighted by atomic mass is 14.4. The number of rotatable bonds is 2. The lowest BCUT2D eigenvalue weighted by Crippen LogP contribution is -2.06. The molecule has 0 spiro atoms. The van der Waals surface area contributed by atoms with Crippen LogP contribution in [-0.4, -0.2) is 0 Å². The summed E-state index contributed by atoms with van der Waals surface area (Å²) in [6.45, 7) is 2.41. The molecule has 2 fully saturated rings. The molecule has 0 aromatic heterocycles. The first kappa shape index (κ1) is 7.64. The summed E-state index contributed by atoms with van der Waals surface area (Å²) in [7, 11) is 0. The van der Waals surface area contributed by atoms with Gasteiger partial charge >= 0.3 is 0 Å². The lowest BCUT2D eigenvalue weighted by Gasteiger charge is -2.21. The molecule has 0 radical (unpaired) electrons. The lowest BCUT2D eigenvalue weighted by molar-refractivity contribution is 0.321. The quantitative estimate of drug-likeness (QED) is 0.567. The third kappa shape index (κ3) is 1.98. The zero-order valence-corrected chi connectivity index (χ0v) is 7.68. The summed E-state index contributed by atoms with van der Waals surface area (Å²) >= 11 is 0. The Labute approximate surface area is 70.4 Å². The Kier molecular flexibility index (Phi) is 2.20. The van der Waals surface area contributed by atoms with Crippen molar-refractivity contribution in [2.45, 2.75) is 51.9 Å². The SMILES string of the molecule is CC1CC1CC1CCCCC1. The van der Waals surface area contributed by atoms with Crippen LogP contribution in [0.4, 0.5) is 0 Å². The van der Waals surface area contributed by atoms with E-state index < -0.39 is 0 Å². The van der Waals surface area contributed by atoms with E-state index in [1.54, 1.807) is 19.3 Å². The summed E-state index contributed by atoms with van der Waals surface area (Å²) in [4.78, 5) is 0. The van der Waals surface area contributed by atoms with Crippen molar-refractivity contribution in [3.8, 4) is 0 Å². The van der Waals surface area contributed by atoms with Gasteiger partial charge in [0.15, 0.2) is 0 Å². The van der Waals surface area contributed by atoms with Crippen LogP contribution in [0.3, 0.4) is 0 Å². The largest absolute Gasteiger partial charge is 0.0622 e. The molecule has 2 unspecified atom stereocenters. The van der Waals surface area contributed by atoms with Gasteiger partial charge in [-0.2, -0.15) is 0 Å². The van der Waals surface area contributed by atoms with Crippen molar-refractivity contribution in [1.82, 2.24) is 0 Å². The molecular weight excluding hydrogens is 132 g/mol. The van der Waals surface area contributed by atoms with Crippen LogP contribution in [0.25, 0.3) is 0 Å². The Hall–Kier alpha value is 0. The molecule has 0 saturated heterocycles. The van der Waals surface area contributed by atoms with Crippen LogP contribution in [0.2, 0.25) is 0 Å². The second-order valence-corrected chi connectivity index (χ2v) is 4.71. The Morgan fingerprint density at radius 2 is 1.73 bits per heavy atom. The van der Waals surface area contributed by atoms with E-state index in [1.165, 1.54) is 25.7 Å². The van der Waals surface area contributed by atoms with E-state index in [1.807, 2.05) is 0 Å².